The van der Waals surface area contributed by atoms with E-state index in [2.05, 4.69) is 33.1 Å². The summed E-state index contributed by atoms with van der Waals surface area (Å²) in [5.41, 5.74) is 0.771. The smallest absolute Gasteiger partial charge is 0.407 e. The van der Waals surface area contributed by atoms with Gasteiger partial charge in [0.15, 0.2) is 0 Å². The Bertz CT molecular complexity index is 786. The van der Waals surface area contributed by atoms with Crippen LogP contribution in [0.2, 0.25) is 0 Å². The molecule has 4 N–H and O–H groups in total. The van der Waals surface area contributed by atoms with Crippen LogP contribution in [0, 0.1) is 5.92 Å². The summed E-state index contributed by atoms with van der Waals surface area (Å²) in [6.45, 7) is 11.3. The molecule has 4 atom stereocenters. The first-order valence-electron chi connectivity index (χ1n) is 11.6. The van der Waals surface area contributed by atoms with Gasteiger partial charge >= 0.3 is 6.09 Å². The summed E-state index contributed by atoms with van der Waals surface area (Å²) in [4.78, 5) is 36.9. The van der Waals surface area contributed by atoms with Crippen LogP contribution >= 0.6 is 0 Å². The van der Waals surface area contributed by atoms with Gasteiger partial charge in [-0.25, -0.2) is 4.79 Å². The summed E-state index contributed by atoms with van der Waals surface area (Å²) in [7, 11) is 0. The van der Waals surface area contributed by atoms with Gasteiger partial charge in [-0.2, -0.15) is 5.10 Å². The number of rotatable bonds is 8. The summed E-state index contributed by atoms with van der Waals surface area (Å²) in [5.74, 6) is 0.0216. The van der Waals surface area contributed by atoms with Crippen LogP contribution in [0.3, 0.4) is 0 Å². The van der Waals surface area contributed by atoms with E-state index in [1.165, 1.54) is 0 Å². The highest BCUT2D eigenvalue weighted by molar-refractivity contribution is 5.92. The second-order valence-electron chi connectivity index (χ2n) is 9.71. The van der Waals surface area contributed by atoms with Crippen LogP contribution in [0.4, 0.5) is 4.79 Å². The highest BCUT2D eigenvalue weighted by atomic mass is 16.6. The molecule has 180 valence electrons. The fourth-order valence-corrected chi connectivity index (χ4v) is 4.06. The largest absolute Gasteiger partial charge is 0.444 e. The molecule has 0 bridgehead atoms. The molecule has 9 heteroatoms. The predicted molar refractivity (Wildman–Crippen MR) is 122 cm³/mol. The fraction of sp³-hybridized carbons (Fsp3) is 0.739. The van der Waals surface area contributed by atoms with E-state index in [1.807, 2.05) is 6.92 Å². The number of nitrogens with zero attached hydrogens (tertiary/aromatic N) is 1. The zero-order chi connectivity index (χ0) is 23.9. The monoisotopic (exact) mass is 449 g/mol. The van der Waals surface area contributed by atoms with Crippen LogP contribution in [0.25, 0.3) is 0 Å². The van der Waals surface area contributed by atoms with Crippen LogP contribution in [0.5, 0.6) is 0 Å². The van der Waals surface area contributed by atoms with Crippen molar-refractivity contribution in [3.05, 3.63) is 17.5 Å². The Morgan fingerprint density at radius 1 is 1.22 bits per heavy atom. The van der Waals surface area contributed by atoms with Gasteiger partial charge in [-0.15, -0.1) is 0 Å². The minimum absolute atomic E-state index is 0.0615. The molecule has 0 aliphatic heterocycles. The molecule has 9 nitrogen and oxygen atoms in total. The molecule has 1 aromatic rings. The third-order valence-electron chi connectivity index (χ3n) is 5.69. The van der Waals surface area contributed by atoms with Gasteiger partial charge < -0.3 is 20.7 Å². The molecule has 0 radical (unpaired) electrons. The van der Waals surface area contributed by atoms with Gasteiger partial charge in [0.2, 0.25) is 5.91 Å². The first-order valence-corrected chi connectivity index (χ1v) is 11.6. The number of carbonyl (C=O) groups is 3. The van der Waals surface area contributed by atoms with Gasteiger partial charge in [0.1, 0.15) is 11.3 Å². The summed E-state index contributed by atoms with van der Waals surface area (Å²) in [6.07, 6.45) is 3.77. The highest BCUT2D eigenvalue weighted by Crippen LogP contribution is 2.28. The molecule has 0 spiro atoms. The third kappa shape index (κ3) is 8.16. The molecule has 32 heavy (non-hydrogen) atoms. The van der Waals surface area contributed by atoms with E-state index in [-0.39, 0.29) is 42.3 Å². The Morgan fingerprint density at radius 3 is 2.53 bits per heavy atom. The standard InChI is InChI=1S/C23H39N5O4/c1-7-15-12-17(25-20(29)11-14(3)24-22(31)32-23(4,5)6)9-10-18(15)26-21(30)19-13-16(8-2)27-28-19/h13-15,17-18H,7-12H2,1-6H3,(H,24,31)(H,25,29)(H,26,30)(H,27,28)/t14-,15+,17-,18-/m1/s1. The minimum Gasteiger partial charge on any atom is -0.444 e. The maximum atomic E-state index is 12.6. The maximum Gasteiger partial charge on any atom is 0.407 e. The molecule has 1 fully saturated rings. The summed E-state index contributed by atoms with van der Waals surface area (Å²) >= 11 is 0. The molecule has 1 aliphatic carbocycles. The SMILES string of the molecule is CCc1cc(C(=O)N[C@@H]2CC[C@@H](NC(=O)C[C@@H](C)NC(=O)OC(C)(C)C)C[C@@H]2CC)n[nH]1. The van der Waals surface area contributed by atoms with Gasteiger partial charge in [-0.05, 0) is 65.4 Å². The van der Waals surface area contributed by atoms with E-state index in [1.54, 1.807) is 33.8 Å². The van der Waals surface area contributed by atoms with E-state index in [4.69, 9.17) is 4.74 Å². The number of ether oxygens (including phenoxy) is 1. The van der Waals surface area contributed by atoms with Crippen molar-refractivity contribution in [3.8, 4) is 0 Å². The average Bonchev–Trinajstić information content (AvgIpc) is 3.16. The molecule has 0 unspecified atom stereocenters. The molecule has 3 amide bonds. The van der Waals surface area contributed by atoms with E-state index in [0.29, 0.717) is 5.69 Å². The molecular weight excluding hydrogens is 410 g/mol. The van der Waals surface area contributed by atoms with Crippen LogP contribution < -0.4 is 16.0 Å². The summed E-state index contributed by atoms with van der Waals surface area (Å²) in [6, 6.07) is 1.58. The minimum atomic E-state index is -0.579. The second-order valence-corrected chi connectivity index (χ2v) is 9.71. The highest BCUT2D eigenvalue weighted by Gasteiger charge is 2.32. The topological polar surface area (TPSA) is 125 Å². The molecule has 1 heterocycles. The number of carbonyl (C=O) groups excluding carboxylic acids is 3. The predicted octanol–water partition coefficient (Wildman–Crippen LogP) is 3.07. The lowest BCUT2D eigenvalue weighted by Crippen LogP contribution is -2.49. The Hall–Kier alpha value is -2.58. The average molecular weight is 450 g/mol. The van der Waals surface area contributed by atoms with Crippen molar-refractivity contribution in [2.75, 3.05) is 0 Å². The Morgan fingerprint density at radius 2 is 1.94 bits per heavy atom. The molecule has 1 saturated carbocycles. The van der Waals surface area contributed by atoms with Gasteiger partial charge in [0, 0.05) is 30.2 Å². The number of nitrogens with one attached hydrogen (secondary N) is 4. The zero-order valence-electron chi connectivity index (χ0n) is 20.2. The lowest BCUT2D eigenvalue weighted by Gasteiger charge is -2.36. The third-order valence-corrected chi connectivity index (χ3v) is 5.69. The lowest BCUT2D eigenvalue weighted by molar-refractivity contribution is -0.122. The normalized spacial score (nSPS) is 22.0. The molecule has 1 aliphatic rings. The van der Waals surface area contributed by atoms with Crippen molar-refractivity contribution in [1.29, 1.82) is 0 Å². The number of H-pyrrole nitrogens is 1. The number of aryl methyl sites for hydroxylation is 1. The Labute approximate surface area is 190 Å². The number of aromatic nitrogens is 2. The van der Waals surface area contributed by atoms with Crippen LogP contribution in [0.1, 0.15) is 89.8 Å². The van der Waals surface area contributed by atoms with Crippen LogP contribution in [-0.4, -0.2) is 51.8 Å². The van der Waals surface area contributed by atoms with E-state index < -0.39 is 11.7 Å². The van der Waals surface area contributed by atoms with Crippen molar-refractivity contribution in [2.45, 2.75) is 104 Å². The van der Waals surface area contributed by atoms with Crippen molar-refractivity contribution in [3.63, 3.8) is 0 Å². The quantitative estimate of drug-likeness (QED) is 0.485. The van der Waals surface area contributed by atoms with Crippen molar-refractivity contribution in [2.24, 2.45) is 5.92 Å². The second kappa shape index (κ2) is 11.3. The van der Waals surface area contributed by atoms with Crippen LogP contribution in [-0.2, 0) is 16.0 Å². The summed E-state index contributed by atoms with van der Waals surface area (Å²) < 4.78 is 5.23. The number of amides is 3. The zero-order valence-corrected chi connectivity index (χ0v) is 20.2. The summed E-state index contributed by atoms with van der Waals surface area (Å²) in [5, 5.41) is 15.9. The maximum absolute atomic E-state index is 12.6. The van der Waals surface area contributed by atoms with E-state index >= 15 is 0 Å². The van der Waals surface area contributed by atoms with Gasteiger partial charge in [0.25, 0.3) is 5.91 Å². The van der Waals surface area contributed by atoms with E-state index in [0.717, 1.165) is 37.8 Å². The molecule has 2 rings (SSSR count). The number of hydrogen-bond donors (Lipinski definition) is 4. The lowest BCUT2D eigenvalue weighted by atomic mass is 9.80. The van der Waals surface area contributed by atoms with Crippen molar-refractivity contribution < 1.29 is 19.1 Å². The number of hydrogen-bond acceptors (Lipinski definition) is 5. The number of alkyl carbamates (subject to hydrolysis) is 1. The van der Waals surface area contributed by atoms with Gasteiger partial charge in [0.05, 0.1) is 0 Å². The number of aromatic amines is 1. The molecular formula is C23H39N5O4. The molecule has 0 saturated heterocycles. The van der Waals surface area contributed by atoms with Crippen LogP contribution in [0.15, 0.2) is 6.07 Å². The molecule has 0 aromatic carbocycles. The Kier molecular flexibility index (Phi) is 9.09. The molecule has 1 aromatic heterocycles. The van der Waals surface area contributed by atoms with Gasteiger partial charge in [-0.1, -0.05) is 20.3 Å². The van der Waals surface area contributed by atoms with Crippen molar-refractivity contribution in [1.82, 2.24) is 26.1 Å². The van der Waals surface area contributed by atoms with Crippen molar-refractivity contribution >= 4 is 17.9 Å². The van der Waals surface area contributed by atoms with E-state index in [9.17, 15) is 14.4 Å². The first kappa shape index (κ1) is 25.7. The van der Waals surface area contributed by atoms with Gasteiger partial charge in [-0.3, -0.25) is 14.7 Å². The fourth-order valence-electron chi connectivity index (χ4n) is 4.06. The Balaban J connectivity index is 1.80. The first-order chi connectivity index (χ1) is 15.0.